The summed E-state index contributed by atoms with van der Waals surface area (Å²) >= 11 is 0. The van der Waals surface area contributed by atoms with E-state index in [9.17, 15) is 4.79 Å². The first kappa shape index (κ1) is 15.7. The molecule has 3 aromatic rings. The summed E-state index contributed by atoms with van der Waals surface area (Å²) in [6.07, 6.45) is 1.58. The van der Waals surface area contributed by atoms with Crippen LogP contribution in [0.5, 0.6) is 0 Å². The second-order valence-electron chi connectivity index (χ2n) is 5.71. The van der Waals surface area contributed by atoms with Crippen molar-refractivity contribution < 1.29 is 4.79 Å². The molecule has 3 N–H and O–H groups in total. The zero-order valence-corrected chi connectivity index (χ0v) is 13.6. The molecule has 0 bridgehead atoms. The van der Waals surface area contributed by atoms with Gasteiger partial charge < -0.3 is 5.32 Å². The second-order valence-corrected chi connectivity index (χ2v) is 5.71. The lowest BCUT2D eigenvalue weighted by Crippen LogP contribution is -2.20. The van der Waals surface area contributed by atoms with Crippen LogP contribution in [0.1, 0.15) is 25.5 Å². The van der Waals surface area contributed by atoms with E-state index >= 15 is 0 Å². The molecule has 0 saturated carbocycles. The third-order valence-electron chi connectivity index (χ3n) is 3.55. The Morgan fingerprint density at radius 1 is 1.04 bits per heavy atom. The lowest BCUT2D eigenvalue weighted by Gasteiger charge is -2.10. The zero-order valence-electron chi connectivity index (χ0n) is 13.6. The highest BCUT2D eigenvalue weighted by Gasteiger charge is 2.11. The average molecular weight is 321 g/mol. The van der Waals surface area contributed by atoms with Crippen molar-refractivity contribution in [1.29, 1.82) is 0 Å². The molecule has 0 aliphatic heterocycles. The number of nitrogens with one attached hydrogen (secondary N) is 3. The van der Waals surface area contributed by atoms with E-state index < -0.39 is 0 Å². The first-order valence-electron chi connectivity index (χ1n) is 7.77. The number of H-pyrrole nitrogens is 1. The lowest BCUT2D eigenvalue weighted by atomic mass is 10.1. The predicted molar refractivity (Wildman–Crippen MR) is 95.0 cm³/mol. The van der Waals surface area contributed by atoms with Gasteiger partial charge in [0, 0.05) is 11.3 Å². The van der Waals surface area contributed by atoms with Gasteiger partial charge in [0.1, 0.15) is 5.82 Å². The number of pyridine rings is 1. The lowest BCUT2D eigenvalue weighted by molar-refractivity contribution is 0.262. The van der Waals surface area contributed by atoms with Gasteiger partial charge in [0.15, 0.2) is 0 Å². The Bertz CT molecular complexity index is 826. The Morgan fingerprint density at radius 3 is 2.58 bits per heavy atom. The van der Waals surface area contributed by atoms with Gasteiger partial charge in [0.2, 0.25) is 0 Å². The van der Waals surface area contributed by atoms with Crippen LogP contribution in [0.3, 0.4) is 0 Å². The number of carbonyl (C=O) groups excluding carboxylic acids is 1. The minimum Gasteiger partial charge on any atom is -0.304 e. The van der Waals surface area contributed by atoms with Crippen molar-refractivity contribution in [1.82, 2.24) is 15.2 Å². The van der Waals surface area contributed by atoms with E-state index in [2.05, 4.69) is 39.7 Å². The number of aromatic amines is 1. The molecule has 6 nitrogen and oxygen atoms in total. The SMILES string of the molecule is CC(C)c1cccc(NC(=O)Nc2cn[nH]c2-c2ccccc2)n1. The van der Waals surface area contributed by atoms with Crippen LogP contribution in [-0.4, -0.2) is 21.2 Å². The van der Waals surface area contributed by atoms with Crippen LogP contribution in [-0.2, 0) is 0 Å². The molecular weight excluding hydrogens is 302 g/mol. The molecular formula is C18H19N5O. The minimum absolute atomic E-state index is 0.299. The van der Waals surface area contributed by atoms with E-state index in [1.54, 1.807) is 12.3 Å². The Hall–Kier alpha value is -3.15. The van der Waals surface area contributed by atoms with Crippen LogP contribution >= 0.6 is 0 Å². The van der Waals surface area contributed by atoms with Gasteiger partial charge in [-0.3, -0.25) is 10.4 Å². The molecule has 2 heterocycles. The van der Waals surface area contributed by atoms with Crippen LogP contribution in [0.25, 0.3) is 11.3 Å². The predicted octanol–water partition coefficient (Wildman–Crippen LogP) is 4.24. The topological polar surface area (TPSA) is 82.7 Å². The molecule has 0 aliphatic carbocycles. The number of rotatable bonds is 4. The number of anilines is 2. The molecule has 3 rings (SSSR count). The summed E-state index contributed by atoms with van der Waals surface area (Å²) in [6, 6.07) is 14.9. The maximum absolute atomic E-state index is 12.2. The summed E-state index contributed by atoms with van der Waals surface area (Å²) in [4.78, 5) is 16.7. The molecule has 1 aromatic carbocycles. The smallest absolute Gasteiger partial charge is 0.304 e. The van der Waals surface area contributed by atoms with Crippen molar-refractivity contribution in [2.45, 2.75) is 19.8 Å². The molecule has 0 spiro atoms. The van der Waals surface area contributed by atoms with Crippen molar-refractivity contribution in [3.8, 4) is 11.3 Å². The molecule has 0 atom stereocenters. The number of amides is 2. The van der Waals surface area contributed by atoms with Crippen LogP contribution in [0.4, 0.5) is 16.3 Å². The number of benzene rings is 1. The summed E-state index contributed by atoms with van der Waals surface area (Å²) in [6.45, 7) is 4.12. The second kappa shape index (κ2) is 6.95. The van der Waals surface area contributed by atoms with E-state index in [-0.39, 0.29) is 6.03 Å². The highest BCUT2D eigenvalue weighted by Crippen LogP contribution is 2.25. The van der Waals surface area contributed by atoms with E-state index in [0.29, 0.717) is 17.4 Å². The van der Waals surface area contributed by atoms with Crippen LogP contribution in [0.15, 0.2) is 54.7 Å². The molecule has 24 heavy (non-hydrogen) atoms. The summed E-state index contributed by atoms with van der Waals surface area (Å²) < 4.78 is 0. The standard InChI is InChI=1S/C18H19N5O/c1-12(2)14-9-6-10-16(20-14)22-18(24)21-15-11-19-23-17(15)13-7-4-3-5-8-13/h3-12H,1-2H3,(H,19,23)(H2,20,21,22,24). The van der Waals surface area contributed by atoms with Gasteiger partial charge in [0.05, 0.1) is 17.6 Å². The number of hydrogen-bond donors (Lipinski definition) is 3. The van der Waals surface area contributed by atoms with Crippen molar-refractivity contribution in [2.75, 3.05) is 10.6 Å². The van der Waals surface area contributed by atoms with E-state index in [1.807, 2.05) is 42.5 Å². The van der Waals surface area contributed by atoms with E-state index in [0.717, 1.165) is 17.0 Å². The monoisotopic (exact) mass is 321 g/mol. The fourth-order valence-corrected chi connectivity index (χ4v) is 2.32. The minimum atomic E-state index is -0.359. The van der Waals surface area contributed by atoms with Crippen LogP contribution < -0.4 is 10.6 Å². The number of urea groups is 1. The summed E-state index contributed by atoms with van der Waals surface area (Å²) in [5.41, 5.74) is 3.25. The van der Waals surface area contributed by atoms with Gasteiger partial charge in [-0.05, 0) is 18.1 Å². The maximum atomic E-state index is 12.2. The summed E-state index contributed by atoms with van der Waals surface area (Å²) in [5, 5.41) is 12.5. The first-order chi connectivity index (χ1) is 11.6. The van der Waals surface area contributed by atoms with Crippen molar-refractivity contribution in [3.63, 3.8) is 0 Å². The average Bonchev–Trinajstić information content (AvgIpc) is 3.03. The molecule has 2 aromatic heterocycles. The normalized spacial score (nSPS) is 10.6. The van der Waals surface area contributed by atoms with Crippen molar-refractivity contribution in [3.05, 3.63) is 60.4 Å². The molecule has 0 unspecified atom stereocenters. The molecule has 2 amide bonds. The molecule has 0 aliphatic rings. The largest absolute Gasteiger partial charge is 0.324 e. The van der Waals surface area contributed by atoms with Crippen LogP contribution in [0, 0.1) is 0 Å². The van der Waals surface area contributed by atoms with E-state index in [1.165, 1.54) is 0 Å². The summed E-state index contributed by atoms with van der Waals surface area (Å²) in [5.74, 6) is 0.817. The van der Waals surface area contributed by atoms with Gasteiger partial charge >= 0.3 is 6.03 Å². The molecule has 0 radical (unpaired) electrons. The van der Waals surface area contributed by atoms with Crippen molar-refractivity contribution in [2.24, 2.45) is 0 Å². The zero-order chi connectivity index (χ0) is 16.9. The fourth-order valence-electron chi connectivity index (χ4n) is 2.32. The van der Waals surface area contributed by atoms with Gasteiger partial charge in [-0.25, -0.2) is 9.78 Å². The third-order valence-corrected chi connectivity index (χ3v) is 3.55. The quantitative estimate of drug-likeness (QED) is 0.672. The Labute approximate surface area is 140 Å². The Balaban J connectivity index is 1.72. The summed E-state index contributed by atoms with van der Waals surface area (Å²) in [7, 11) is 0. The van der Waals surface area contributed by atoms with Gasteiger partial charge in [-0.2, -0.15) is 5.10 Å². The first-order valence-corrected chi connectivity index (χ1v) is 7.77. The van der Waals surface area contributed by atoms with E-state index in [4.69, 9.17) is 0 Å². The Morgan fingerprint density at radius 2 is 1.83 bits per heavy atom. The molecule has 0 fully saturated rings. The van der Waals surface area contributed by atoms with Crippen LogP contribution in [0.2, 0.25) is 0 Å². The van der Waals surface area contributed by atoms with Gasteiger partial charge in [-0.15, -0.1) is 0 Å². The van der Waals surface area contributed by atoms with Crippen molar-refractivity contribution >= 4 is 17.5 Å². The molecule has 122 valence electrons. The number of carbonyl (C=O) groups is 1. The third kappa shape index (κ3) is 3.60. The highest BCUT2D eigenvalue weighted by atomic mass is 16.2. The number of nitrogens with zero attached hydrogens (tertiary/aromatic N) is 2. The maximum Gasteiger partial charge on any atom is 0.324 e. The fraction of sp³-hybridized carbons (Fsp3) is 0.167. The molecule has 6 heteroatoms. The molecule has 0 saturated heterocycles. The number of hydrogen-bond acceptors (Lipinski definition) is 3. The van der Waals surface area contributed by atoms with Gasteiger partial charge in [-0.1, -0.05) is 50.2 Å². The number of aromatic nitrogens is 3. The van der Waals surface area contributed by atoms with Gasteiger partial charge in [0.25, 0.3) is 0 Å². The highest BCUT2D eigenvalue weighted by molar-refractivity contribution is 6.01. The Kier molecular flexibility index (Phi) is 4.56.